The van der Waals surface area contributed by atoms with Crippen LogP contribution in [0.4, 0.5) is 0 Å². The number of amides is 1. The van der Waals surface area contributed by atoms with Crippen LogP contribution in [0.3, 0.4) is 0 Å². The molecule has 4 nitrogen and oxygen atoms in total. The number of hydrogen-bond acceptors (Lipinski definition) is 3. The number of nitrogens with one attached hydrogen (secondary N) is 1. The van der Waals surface area contributed by atoms with E-state index in [0.29, 0.717) is 13.0 Å². The fourth-order valence-electron chi connectivity index (χ4n) is 1.07. The summed E-state index contributed by atoms with van der Waals surface area (Å²) in [6, 6.07) is 0.0116. The second-order valence-corrected chi connectivity index (χ2v) is 3.90. The van der Waals surface area contributed by atoms with E-state index in [0.717, 1.165) is 12.3 Å². The van der Waals surface area contributed by atoms with Gasteiger partial charge in [-0.15, -0.1) is 6.58 Å². The Kier molecular flexibility index (Phi) is 14.4. The molecule has 0 aliphatic heterocycles. The fraction of sp³-hybridized carbons (Fsp3) is 0.769. The summed E-state index contributed by atoms with van der Waals surface area (Å²) < 4.78 is 0. The summed E-state index contributed by atoms with van der Waals surface area (Å²) in [7, 11) is 0. The molecule has 0 saturated heterocycles. The van der Waals surface area contributed by atoms with Crippen LogP contribution in [0.2, 0.25) is 0 Å². The fourth-order valence-corrected chi connectivity index (χ4v) is 1.07. The van der Waals surface area contributed by atoms with Gasteiger partial charge in [-0.3, -0.25) is 4.79 Å². The number of aliphatic hydroxyl groups excluding tert-OH is 1. The maximum absolute atomic E-state index is 9.40. The molecule has 0 aromatic rings. The molecule has 17 heavy (non-hydrogen) atoms. The Morgan fingerprint density at radius 3 is 2.29 bits per heavy atom. The first-order chi connectivity index (χ1) is 8.11. The van der Waals surface area contributed by atoms with E-state index >= 15 is 0 Å². The van der Waals surface area contributed by atoms with Crippen molar-refractivity contribution in [2.45, 2.75) is 52.2 Å². The summed E-state index contributed by atoms with van der Waals surface area (Å²) >= 11 is 0. The Bertz CT molecular complexity index is 172. The lowest BCUT2D eigenvalue weighted by Gasteiger charge is -2.12. The number of aliphatic hydroxyl groups is 1. The second kappa shape index (κ2) is 13.2. The van der Waals surface area contributed by atoms with Crippen LogP contribution in [0.1, 0.15) is 40.0 Å². The highest BCUT2D eigenvalue weighted by Gasteiger charge is 2.25. The zero-order valence-electron chi connectivity index (χ0n) is 11.4. The third-order valence-electron chi connectivity index (χ3n) is 2.27. The van der Waals surface area contributed by atoms with Gasteiger partial charge in [-0.2, -0.15) is 0 Å². The summed E-state index contributed by atoms with van der Waals surface area (Å²) in [5, 5.41) is 11.4. The Hall–Kier alpha value is -0.870. The van der Waals surface area contributed by atoms with Gasteiger partial charge in [0.05, 0.1) is 6.10 Å². The lowest BCUT2D eigenvalue weighted by atomic mass is 10.1. The van der Waals surface area contributed by atoms with Crippen LogP contribution in [-0.2, 0) is 4.79 Å². The maximum atomic E-state index is 9.40. The summed E-state index contributed by atoms with van der Waals surface area (Å²) in [5.41, 5.74) is 5.61. The van der Waals surface area contributed by atoms with Crippen LogP contribution in [0.15, 0.2) is 12.7 Å². The first kappa shape index (κ1) is 18.5. The molecule has 1 aliphatic rings. The Balaban J connectivity index is 0. The molecule has 0 radical (unpaired) electrons. The third-order valence-corrected chi connectivity index (χ3v) is 2.27. The average Bonchev–Trinajstić information content (AvgIpc) is 3.13. The van der Waals surface area contributed by atoms with Crippen molar-refractivity contribution in [3.63, 3.8) is 0 Å². The largest absolute Gasteiger partial charge is 0.392 e. The molecule has 2 atom stereocenters. The molecule has 0 aromatic carbocycles. The van der Waals surface area contributed by atoms with E-state index in [2.05, 4.69) is 11.9 Å². The van der Waals surface area contributed by atoms with Crippen molar-refractivity contribution < 1.29 is 9.90 Å². The molecule has 0 heterocycles. The molecule has 0 bridgehead atoms. The Morgan fingerprint density at radius 1 is 1.53 bits per heavy atom. The number of carbonyl (C=O) groups excluding carboxylic acids is 1. The third kappa shape index (κ3) is 15.1. The molecular formula is C13H28N2O2. The quantitative estimate of drug-likeness (QED) is 0.376. The Morgan fingerprint density at radius 2 is 2.06 bits per heavy atom. The molecule has 1 rings (SSSR count). The molecule has 102 valence electrons. The van der Waals surface area contributed by atoms with Gasteiger partial charge in [-0.25, -0.2) is 0 Å². The van der Waals surface area contributed by atoms with Crippen molar-refractivity contribution in [3.8, 4) is 0 Å². The molecule has 1 aliphatic carbocycles. The predicted octanol–water partition coefficient (Wildman–Crippen LogP) is 1.44. The van der Waals surface area contributed by atoms with Gasteiger partial charge in [0.2, 0.25) is 6.41 Å². The van der Waals surface area contributed by atoms with Gasteiger partial charge in [-0.1, -0.05) is 32.8 Å². The first-order valence-corrected chi connectivity index (χ1v) is 6.33. The topological polar surface area (TPSA) is 75.3 Å². The van der Waals surface area contributed by atoms with Gasteiger partial charge >= 0.3 is 0 Å². The second-order valence-electron chi connectivity index (χ2n) is 3.90. The number of hydrogen-bond donors (Lipinski definition) is 3. The number of nitrogens with two attached hydrogens (primary N) is 1. The summed E-state index contributed by atoms with van der Waals surface area (Å²) in [5.74, 6) is 0.828. The van der Waals surface area contributed by atoms with Gasteiger partial charge in [0.15, 0.2) is 0 Å². The van der Waals surface area contributed by atoms with Gasteiger partial charge < -0.3 is 16.2 Å². The first-order valence-electron chi connectivity index (χ1n) is 6.33. The minimum atomic E-state index is -0.328. The van der Waals surface area contributed by atoms with Crippen molar-refractivity contribution in [1.29, 1.82) is 0 Å². The molecule has 4 heteroatoms. The summed E-state index contributed by atoms with van der Waals surface area (Å²) in [6.07, 6.45) is 5.58. The van der Waals surface area contributed by atoms with Gasteiger partial charge in [0.25, 0.3) is 0 Å². The molecule has 1 amide bonds. The van der Waals surface area contributed by atoms with E-state index in [1.807, 2.05) is 13.8 Å². The monoisotopic (exact) mass is 244 g/mol. The molecule has 0 aromatic heterocycles. The lowest BCUT2D eigenvalue weighted by Crippen LogP contribution is -2.32. The number of carbonyl (C=O) groups is 1. The highest BCUT2D eigenvalue weighted by molar-refractivity contribution is 5.46. The van der Waals surface area contributed by atoms with Crippen LogP contribution in [0, 0.1) is 5.92 Å². The van der Waals surface area contributed by atoms with Crippen molar-refractivity contribution in [2.75, 3.05) is 6.54 Å². The zero-order chi connectivity index (χ0) is 13.7. The molecule has 1 saturated carbocycles. The van der Waals surface area contributed by atoms with Gasteiger partial charge in [0, 0.05) is 12.6 Å². The highest BCUT2D eigenvalue weighted by atomic mass is 16.3. The Labute approximate surface area is 105 Å². The maximum Gasteiger partial charge on any atom is 0.207 e. The highest BCUT2D eigenvalue weighted by Crippen LogP contribution is 2.33. The summed E-state index contributed by atoms with van der Waals surface area (Å²) in [4.78, 5) is 9.40. The number of rotatable bonds is 6. The van der Waals surface area contributed by atoms with Crippen molar-refractivity contribution in [3.05, 3.63) is 12.7 Å². The van der Waals surface area contributed by atoms with Crippen LogP contribution >= 0.6 is 0 Å². The van der Waals surface area contributed by atoms with E-state index < -0.39 is 0 Å². The van der Waals surface area contributed by atoms with Crippen LogP contribution in [-0.4, -0.2) is 30.2 Å². The minimum absolute atomic E-state index is 0.0116. The minimum Gasteiger partial charge on any atom is -0.392 e. The van der Waals surface area contributed by atoms with Crippen LogP contribution in [0.5, 0.6) is 0 Å². The van der Waals surface area contributed by atoms with Crippen LogP contribution < -0.4 is 11.1 Å². The lowest BCUT2D eigenvalue weighted by molar-refractivity contribution is -0.109. The van der Waals surface area contributed by atoms with E-state index in [9.17, 15) is 4.79 Å². The van der Waals surface area contributed by atoms with E-state index in [1.54, 1.807) is 13.0 Å². The molecular weight excluding hydrogens is 216 g/mol. The van der Waals surface area contributed by atoms with E-state index in [4.69, 9.17) is 10.8 Å². The van der Waals surface area contributed by atoms with Crippen molar-refractivity contribution in [2.24, 2.45) is 11.7 Å². The van der Waals surface area contributed by atoms with Crippen molar-refractivity contribution in [1.82, 2.24) is 5.32 Å². The van der Waals surface area contributed by atoms with Gasteiger partial charge in [-0.05, 0) is 19.3 Å². The smallest absolute Gasteiger partial charge is 0.207 e. The predicted molar refractivity (Wildman–Crippen MR) is 72.6 cm³/mol. The summed E-state index contributed by atoms with van der Waals surface area (Å²) in [6.45, 7) is 9.69. The normalized spacial score (nSPS) is 16.3. The SMILES string of the molecule is C=CCNC=O.CC.CC(O)C(N)CC1CC1. The average molecular weight is 244 g/mol. The standard InChI is InChI=1S/C7H15NO.C4H7NO.C2H6/c1-5(9)7(8)4-6-2-3-6;1-2-3-5-4-6;1-2/h5-7,9H,2-4,8H2,1H3;2,4H,1,3H2,(H,5,6);1-2H3. The molecule has 4 N–H and O–H groups in total. The van der Waals surface area contributed by atoms with Crippen molar-refractivity contribution >= 4 is 6.41 Å². The molecule has 1 fully saturated rings. The van der Waals surface area contributed by atoms with Gasteiger partial charge in [0.1, 0.15) is 0 Å². The zero-order valence-corrected chi connectivity index (χ0v) is 11.4. The van der Waals surface area contributed by atoms with E-state index in [1.165, 1.54) is 12.8 Å². The van der Waals surface area contributed by atoms with Crippen LogP contribution in [0.25, 0.3) is 0 Å². The molecule has 0 spiro atoms. The molecule has 2 unspecified atom stereocenters. The van der Waals surface area contributed by atoms with E-state index in [-0.39, 0.29) is 12.1 Å².